The van der Waals surface area contributed by atoms with E-state index < -0.39 is 29.1 Å². The van der Waals surface area contributed by atoms with Crippen molar-refractivity contribution in [3.05, 3.63) is 131 Å². The van der Waals surface area contributed by atoms with Gasteiger partial charge in [-0.1, -0.05) is 79.4 Å². The number of H-pyrrole nitrogens is 1. The van der Waals surface area contributed by atoms with Gasteiger partial charge in [0, 0.05) is 0 Å². The van der Waals surface area contributed by atoms with E-state index in [4.69, 9.17) is 14.5 Å². The Kier molecular flexibility index (Phi) is 6.34. The first-order valence-corrected chi connectivity index (χ1v) is 13.0. The lowest BCUT2D eigenvalue weighted by molar-refractivity contribution is -0.0308. The number of ether oxygens (including phenoxy) is 2. The van der Waals surface area contributed by atoms with Gasteiger partial charge < -0.3 is 19.9 Å². The van der Waals surface area contributed by atoms with Crippen LogP contribution in [0.15, 0.2) is 108 Å². The van der Waals surface area contributed by atoms with Gasteiger partial charge in [-0.25, -0.2) is 9.37 Å². The number of aromatic nitrogens is 4. The average molecular weight is 554 g/mol. The molecule has 0 aliphatic carbocycles. The maximum absolute atomic E-state index is 15.6. The van der Waals surface area contributed by atoms with Crippen LogP contribution in [0.2, 0.25) is 0 Å². The van der Waals surface area contributed by atoms with Crippen molar-refractivity contribution in [3.63, 3.8) is 0 Å². The summed E-state index contributed by atoms with van der Waals surface area (Å²) in [6.07, 6.45) is -1.61. The van der Waals surface area contributed by atoms with Gasteiger partial charge in [0.2, 0.25) is 12.2 Å². The number of methoxy groups -OCH3 is 1. The van der Waals surface area contributed by atoms with Crippen LogP contribution >= 0.6 is 0 Å². The average Bonchev–Trinajstić information content (AvgIpc) is 3.51. The predicted molar refractivity (Wildman–Crippen MR) is 152 cm³/mol. The van der Waals surface area contributed by atoms with E-state index in [-0.39, 0.29) is 22.9 Å². The summed E-state index contributed by atoms with van der Waals surface area (Å²) in [5.41, 5.74) is -1.10. The maximum Gasteiger partial charge on any atom is 0.280 e. The van der Waals surface area contributed by atoms with E-state index in [9.17, 15) is 9.90 Å². The number of aliphatic hydroxyl groups excluding tert-OH is 1. The number of rotatable bonds is 7. The molecule has 6 rings (SSSR count). The molecule has 2 aromatic heterocycles. The number of anilines is 1. The van der Waals surface area contributed by atoms with Gasteiger partial charge >= 0.3 is 0 Å². The molecule has 10 heteroatoms. The summed E-state index contributed by atoms with van der Waals surface area (Å²) in [5, 5.41) is 13.8. The largest absolute Gasteiger partial charge is 0.497 e. The zero-order valence-corrected chi connectivity index (χ0v) is 22.4. The number of imidazole rings is 1. The van der Waals surface area contributed by atoms with Gasteiger partial charge in [0.05, 0.1) is 7.11 Å². The number of halogens is 1. The van der Waals surface area contributed by atoms with E-state index in [0.717, 1.165) is 16.7 Å². The molecule has 1 aliphatic rings. The van der Waals surface area contributed by atoms with Gasteiger partial charge in [-0.2, -0.15) is 4.98 Å². The van der Waals surface area contributed by atoms with Crippen molar-refractivity contribution in [3.8, 4) is 5.75 Å². The summed E-state index contributed by atoms with van der Waals surface area (Å²) in [4.78, 5) is 24.9. The van der Waals surface area contributed by atoms with Crippen LogP contribution in [0.4, 0.5) is 10.3 Å². The molecule has 0 saturated carbocycles. The molecule has 0 bridgehead atoms. The number of aliphatic hydroxyl groups is 1. The minimum absolute atomic E-state index is 0.00331. The predicted octanol–water partition coefficient (Wildman–Crippen LogP) is 4.66. The Morgan fingerprint density at radius 2 is 1.63 bits per heavy atom. The van der Waals surface area contributed by atoms with Crippen molar-refractivity contribution in [2.75, 3.05) is 12.4 Å². The fraction of sp³-hybridized carbons (Fsp3) is 0.194. The molecule has 0 radical (unpaired) electrons. The molecule has 9 nitrogen and oxygen atoms in total. The van der Waals surface area contributed by atoms with Crippen LogP contribution in [-0.4, -0.2) is 43.5 Å². The molecule has 3 aromatic carbocycles. The van der Waals surface area contributed by atoms with E-state index in [1.54, 1.807) is 7.11 Å². The number of alkyl halides is 1. The van der Waals surface area contributed by atoms with Gasteiger partial charge in [-0.05, 0) is 35.7 Å². The smallest absolute Gasteiger partial charge is 0.280 e. The number of fused-ring (bicyclic) bond motifs is 1. The van der Waals surface area contributed by atoms with Gasteiger partial charge in [0.25, 0.3) is 5.56 Å². The summed E-state index contributed by atoms with van der Waals surface area (Å²) < 4.78 is 27.9. The van der Waals surface area contributed by atoms with E-state index in [2.05, 4.69) is 21.9 Å². The second-order valence-corrected chi connectivity index (χ2v) is 10.1. The van der Waals surface area contributed by atoms with Crippen LogP contribution in [0, 0.1) is 0 Å². The summed E-state index contributed by atoms with van der Waals surface area (Å²) in [5.74, 6) is 0.692. The van der Waals surface area contributed by atoms with Crippen molar-refractivity contribution < 1.29 is 19.0 Å². The Hall–Kier alpha value is -4.96. The molecule has 0 amide bonds. The Morgan fingerprint density at radius 3 is 2.17 bits per heavy atom. The van der Waals surface area contributed by atoms with Crippen LogP contribution in [0.5, 0.6) is 5.75 Å². The molecule has 0 spiro atoms. The van der Waals surface area contributed by atoms with Crippen LogP contribution < -0.4 is 15.6 Å². The first kappa shape index (κ1) is 26.3. The fourth-order valence-corrected chi connectivity index (χ4v) is 5.37. The highest BCUT2D eigenvalue weighted by Crippen LogP contribution is 2.44. The molecule has 3 atom stereocenters. The lowest BCUT2D eigenvalue weighted by atomic mass is 9.77. The minimum Gasteiger partial charge on any atom is -0.497 e. The Bertz CT molecular complexity index is 1730. The highest BCUT2D eigenvalue weighted by atomic mass is 19.1. The number of nitrogens with one attached hydrogen (secondary N) is 2. The zero-order valence-electron chi connectivity index (χ0n) is 22.4. The zero-order chi connectivity index (χ0) is 28.8. The third-order valence-corrected chi connectivity index (χ3v) is 7.51. The van der Waals surface area contributed by atoms with Gasteiger partial charge in [0.15, 0.2) is 16.8 Å². The number of aromatic amines is 1. The number of hydrogen-bond acceptors (Lipinski definition) is 7. The SMILES string of the molecule is C=C1O[C@@H](n2cnc3c(=O)[nH]c(NC(c4ccccc4)(c4ccccc4)c4ccc(OC)cc4)nc32)[C@](C)(F)[C@@H]1O. The third-order valence-electron chi connectivity index (χ3n) is 7.51. The molecule has 208 valence electrons. The van der Waals surface area contributed by atoms with Crippen LogP contribution in [0.25, 0.3) is 11.2 Å². The Balaban J connectivity index is 1.56. The van der Waals surface area contributed by atoms with E-state index >= 15 is 4.39 Å². The van der Waals surface area contributed by atoms with Crippen molar-refractivity contribution >= 4 is 17.1 Å². The minimum atomic E-state index is -2.23. The number of benzene rings is 3. The molecule has 5 aromatic rings. The molecule has 1 fully saturated rings. The van der Waals surface area contributed by atoms with Gasteiger partial charge in [0.1, 0.15) is 29.5 Å². The molecular formula is C31H28FN5O4. The van der Waals surface area contributed by atoms with Crippen molar-refractivity contribution in [2.24, 2.45) is 0 Å². The van der Waals surface area contributed by atoms with Gasteiger partial charge in [-0.3, -0.25) is 14.3 Å². The van der Waals surface area contributed by atoms with E-state index in [0.29, 0.717) is 5.75 Å². The normalized spacial score (nSPS) is 20.6. The van der Waals surface area contributed by atoms with Crippen LogP contribution in [0.3, 0.4) is 0 Å². The summed E-state index contributed by atoms with van der Waals surface area (Å²) in [7, 11) is 1.60. The highest BCUT2D eigenvalue weighted by Gasteiger charge is 2.53. The first-order valence-electron chi connectivity index (χ1n) is 13.0. The highest BCUT2D eigenvalue weighted by molar-refractivity contribution is 5.72. The molecule has 0 unspecified atom stereocenters. The van der Waals surface area contributed by atoms with Gasteiger partial charge in [-0.15, -0.1) is 0 Å². The van der Waals surface area contributed by atoms with E-state index in [1.807, 2.05) is 84.9 Å². The molecule has 1 aliphatic heterocycles. The molecule has 1 saturated heterocycles. The first-order chi connectivity index (χ1) is 19.8. The standard InChI is InChI=1S/C31H28FN5O4/c1-19-25(38)30(2,32)28(41-19)37-18-33-24-26(37)34-29(35-27(24)39)36-31(20-10-6-4-7-11-20,21-12-8-5-9-13-21)22-14-16-23(40-3)17-15-22/h4-18,25,28,38H,1H2,2-3H3,(H2,34,35,36,39)/t25-,28-,30-/m1/s1. The Labute approximate surface area is 234 Å². The summed E-state index contributed by atoms with van der Waals surface area (Å²) >= 11 is 0. The van der Waals surface area contributed by atoms with E-state index in [1.165, 1.54) is 17.8 Å². The summed E-state index contributed by atoms with van der Waals surface area (Å²) in [6, 6.07) is 27.2. The second kappa shape index (κ2) is 9.90. The number of nitrogens with zero attached hydrogens (tertiary/aromatic N) is 3. The molecule has 41 heavy (non-hydrogen) atoms. The van der Waals surface area contributed by atoms with Crippen molar-refractivity contribution in [1.82, 2.24) is 19.5 Å². The van der Waals surface area contributed by atoms with Crippen LogP contribution in [0.1, 0.15) is 29.8 Å². The topological polar surface area (TPSA) is 114 Å². The maximum atomic E-state index is 15.6. The fourth-order valence-electron chi connectivity index (χ4n) is 5.37. The molecule has 3 heterocycles. The molecule has 3 N–H and O–H groups in total. The lowest BCUT2D eigenvalue weighted by Crippen LogP contribution is -2.39. The molecular weight excluding hydrogens is 525 g/mol. The quantitative estimate of drug-likeness (QED) is 0.251. The Morgan fingerprint density at radius 1 is 1.05 bits per heavy atom. The third kappa shape index (κ3) is 4.23. The monoisotopic (exact) mass is 553 g/mol. The van der Waals surface area contributed by atoms with Crippen LogP contribution in [-0.2, 0) is 10.3 Å². The van der Waals surface area contributed by atoms with Crippen molar-refractivity contribution in [2.45, 2.75) is 30.5 Å². The lowest BCUT2D eigenvalue weighted by Gasteiger charge is -2.37. The second-order valence-electron chi connectivity index (χ2n) is 10.1. The van der Waals surface area contributed by atoms with Crippen molar-refractivity contribution in [1.29, 1.82) is 0 Å². The number of hydrogen-bond donors (Lipinski definition) is 3. The summed E-state index contributed by atoms with van der Waals surface area (Å²) in [6.45, 7) is 4.82.